The van der Waals surface area contributed by atoms with Gasteiger partial charge in [-0.25, -0.2) is 4.79 Å². The first-order valence-corrected chi connectivity index (χ1v) is 6.17. The van der Waals surface area contributed by atoms with E-state index < -0.39 is 0 Å². The number of anilines is 1. The first kappa shape index (κ1) is 13.5. The molecule has 0 aromatic heterocycles. The summed E-state index contributed by atoms with van der Waals surface area (Å²) < 4.78 is 0.825. The number of hydrogen-bond donors (Lipinski definition) is 1. The van der Waals surface area contributed by atoms with Crippen LogP contribution in [0.4, 0.5) is 10.5 Å². The van der Waals surface area contributed by atoms with Crippen molar-refractivity contribution < 1.29 is 4.79 Å². The molecular weight excluding hydrogens is 282 g/mol. The second kappa shape index (κ2) is 6.26. The van der Waals surface area contributed by atoms with E-state index in [4.69, 9.17) is 5.26 Å². The van der Waals surface area contributed by atoms with E-state index in [2.05, 4.69) is 21.2 Å². The van der Waals surface area contributed by atoms with Crippen molar-refractivity contribution in [3.63, 3.8) is 0 Å². The molecule has 0 aliphatic heterocycles. The number of carbonyl (C=O) groups excluding carboxylic acids is 1. The zero-order valence-electron chi connectivity index (χ0n) is 9.83. The third kappa shape index (κ3) is 3.46. The highest BCUT2D eigenvalue weighted by Crippen LogP contribution is 2.21. The Balaban J connectivity index is 2.91. The molecule has 0 saturated carbocycles. The van der Waals surface area contributed by atoms with Gasteiger partial charge in [-0.15, -0.1) is 0 Å². The topological polar surface area (TPSA) is 56.1 Å². The minimum atomic E-state index is -0.190. The maximum atomic E-state index is 11.8. The molecule has 0 saturated heterocycles. The van der Waals surface area contributed by atoms with E-state index in [1.165, 1.54) is 0 Å². The van der Waals surface area contributed by atoms with Gasteiger partial charge >= 0.3 is 6.03 Å². The molecule has 90 valence electrons. The van der Waals surface area contributed by atoms with E-state index in [-0.39, 0.29) is 6.03 Å². The smallest absolute Gasteiger partial charge is 0.321 e. The number of rotatable bonds is 3. The first-order chi connectivity index (χ1) is 8.12. The van der Waals surface area contributed by atoms with Gasteiger partial charge in [-0.1, -0.05) is 15.9 Å². The lowest BCUT2D eigenvalue weighted by molar-refractivity contribution is 0.217. The minimum Gasteiger partial charge on any atom is -0.325 e. The molecule has 0 bridgehead atoms. The summed E-state index contributed by atoms with van der Waals surface area (Å²) in [5, 5.41) is 11.7. The second-order valence-corrected chi connectivity index (χ2v) is 4.32. The third-order valence-electron chi connectivity index (χ3n) is 2.39. The molecule has 0 heterocycles. The number of nitrogens with zero attached hydrogens (tertiary/aromatic N) is 2. The standard InChI is InChI=1S/C12H14BrN3O/c1-3-16(4-2)12(17)15-11-7-10(13)6-5-9(11)8-14/h5-7H,3-4H2,1-2H3,(H,15,17). The van der Waals surface area contributed by atoms with Crippen molar-refractivity contribution in [3.05, 3.63) is 28.2 Å². The molecule has 0 fully saturated rings. The Morgan fingerprint density at radius 2 is 2.12 bits per heavy atom. The quantitative estimate of drug-likeness (QED) is 0.931. The fourth-order valence-corrected chi connectivity index (χ4v) is 1.78. The molecule has 0 atom stereocenters. The highest BCUT2D eigenvalue weighted by Gasteiger charge is 2.11. The average molecular weight is 296 g/mol. The summed E-state index contributed by atoms with van der Waals surface area (Å²) in [6.07, 6.45) is 0. The molecule has 0 aliphatic carbocycles. The van der Waals surface area contributed by atoms with Crippen molar-refractivity contribution in [2.24, 2.45) is 0 Å². The van der Waals surface area contributed by atoms with Gasteiger partial charge in [-0.3, -0.25) is 0 Å². The third-order valence-corrected chi connectivity index (χ3v) is 2.89. The van der Waals surface area contributed by atoms with Gasteiger partial charge in [0.25, 0.3) is 0 Å². The fraction of sp³-hybridized carbons (Fsp3) is 0.333. The number of halogens is 1. The van der Waals surface area contributed by atoms with E-state index in [1.807, 2.05) is 19.9 Å². The van der Waals surface area contributed by atoms with Crippen molar-refractivity contribution >= 4 is 27.6 Å². The Bertz CT molecular complexity index is 450. The number of urea groups is 1. The second-order valence-electron chi connectivity index (χ2n) is 3.40. The van der Waals surface area contributed by atoms with Crippen LogP contribution in [-0.4, -0.2) is 24.0 Å². The van der Waals surface area contributed by atoms with Crippen molar-refractivity contribution in [3.8, 4) is 6.07 Å². The van der Waals surface area contributed by atoms with Crippen molar-refractivity contribution in [2.45, 2.75) is 13.8 Å². The van der Waals surface area contributed by atoms with Crippen molar-refractivity contribution in [1.29, 1.82) is 5.26 Å². The maximum absolute atomic E-state index is 11.8. The van der Waals surface area contributed by atoms with Gasteiger partial charge in [0.05, 0.1) is 11.3 Å². The molecular formula is C12H14BrN3O. The van der Waals surface area contributed by atoms with E-state index in [1.54, 1.807) is 23.1 Å². The predicted molar refractivity (Wildman–Crippen MR) is 70.8 cm³/mol. The van der Waals surface area contributed by atoms with E-state index >= 15 is 0 Å². The lowest BCUT2D eigenvalue weighted by Gasteiger charge is -2.19. The summed E-state index contributed by atoms with van der Waals surface area (Å²) in [5.74, 6) is 0. The van der Waals surface area contributed by atoms with Gasteiger partial charge in [-0.2, -0.15) is 5.26 Å². The van der Waals surface area contributed by atoms with Crippen LogP contribution in [0.25, 0.3) is 0 Å². The molecule has 1 N–H and O–H groups in total. The Morgan fingerprint density at radius 1 is 1.47 bits per heavy atom. The van der Waals surface area contributed by atoms with Gasteiger partial charge < -0.3 is 10.2 Å². The number of nitriles is 1. The molecule has 0 spiro atoms. The number of benzene rings is 1. The average Bonchev–Trinajstić information content (AvgIpc) is 2.31. The van der Waals surface area contributed by atoms with Crippen LogP contribution in [0.5, 0.6) is 0 Å². The monoisotopic (exact) mass is 295 g/mol. The van der Waals surface area contributed by atoms with Crippen LogP contribution in [0.1, 0.15) is 19.4 Å². The minimum absolute atomic E-state index is 0.190. The summed E-state index contributed by atoms with van der Waals surface area (Å²) in [7, 11) is 0. The summed E-state index contributed by atoms with van der Waals surface area (Å²) in [6, 6.07) is 7.02. The fourth-order valence-electron chi connectivity index (χ4n) is 1.42. The Hall–Kier alpha value is -1.54. The Labute approximate surface area is 109 Å². The zero-order chi connectivity index (χ0) is 12.8. The van der Waals surface area contributed by atoms with Crippen LogP contribution in [0.2, 0.25) is 0 Å². The lowest BCUT2D eigenvalue weighted by Crippen LogP contribution is -2.34. The molecule has 5 heteroatoms. The molecule has 17 heavy (non-hydrogen) atoms. The van der Waals surface area contributed by atoms with Crippen LogP contribution < -0.4 is 5.32 Å². The van der Waals surface area contributed by atoms with Crippen LogP contribution in [0.15, 0.2) is 22.7 Å². The summed E-state index contributed by atoms with van der Waals surface area (Å²) in [4.78, 5) is 13.5. The molecule has 2 amide bonds. The molecule has 1 aromatic carbocycles. The van der Waals surface area contributed by atoms with Gasteiger partial charge in [0, 0.05) is 17.6 Å². The normalized spacial score (nSPS) is 9.53. The van der Waals surface area contributed by atoms with Crippen LogP contribution in [-0.2, 0) is 0 Å². The van der Waals surface area contributed by atoms with Crippen molar-refractivity contribution in [2.75, 3.05) is 18.4 Å². The molecule has 0 aliphatic rings. The SMILES string of the molecule is CCN(CC)C(=O)Nc1cc(Br)ccc1C#N. The Kier molecular flexibility index (Phi) is 4.98. The largest absolute Gasteiger partial charge is 0.325 e. The van der Waals surface area contributed by atoms with E-state index in [0.29, 0.717) is 24.3 Å². The Morgan fingerprint density at radius 3 is 2.65 bits per heavy atom. The molecule has 1 aromatic rings. The number of carbonyl (C=O) groups is 1. The van der Waals surface area contributed by atoms with Crippen LogP contribution in [0.3, 0.4) is 0 Å². The highest BCUT2D eigenvalue weighted by molar-refractivity contribution is 9.10. The van der Waals surface area contributed by atoms with Gasteiger partial charge in [0.15, 0.2) is 0 Å². The zero-order valence-corrected chi connectivity index (χ0v) is 11.4. The van der Waals surface area contributed by atoms with E-state index in [0.717, 1.165) is 4.47 Å². The summed E-state index contributed by atoms with van der Waals surface area (Å²) >= 11 is 3.31. The van der Waals surface area contributed by atoms with Gasteiger partial charge in [0.1, 0.15) is 6.07 Å². The molecule has 0 unspecified atom stereocenters. The summed E-state index contributed by atoms with van der Waals surface area (Å²) in [5.41, 5.74) is 0.979. The van der Waals surface area contributed by atoms with Gasteiger partial charge in [0.2, 0.25) is 0 Å². The molecule has 0 radical (unpaired) electrons. The number of amides is 2. The number of hydrogen-bond acceptors (Lipinski definition) is 2. The molecule has 1 rings (SSSR count). The first-order valence-electron chi connectivity index (χ1n) is 5.38. The highest BCUT2D eigenvalue weighted by atomic mass is 79.9. The molecule has 4 nitrogen and oxygen atoms in total. The predicted octanol–water partition coefficient (Wildman–Crippen LogP) is 3.19. The maximum Gasteiger partial charge on any atom is 0.321 e. The van der Waals surface area contributed by atoms with Crippen LogP contribution in [0, 0.1) is 11.3 Å². The number of nitrogens with one attached hydrogen (secondary N) is 1. The summed E-state index contributed by atoms with van der Waals surface area (Å²) in [6.45, 7) is 5.10. The lowest BCUT2D eigenvalue weighted by atomic mass is 10.2. The van der Waals surface area contributed by atoms with Gasteiger partial charge in [-0.05, 0) is 32.0 Å². The van der Waals surface area contributed by atoms with E-state index in [9.17, 15) is 4.79 Å². The van der Waals surface area contributed by atoms with Crippen LogP contribution >= 0.6 is 15.9 Å². The van der Waals surface area contributed by atoms with Crippen molar-refractivity contribution in [1.82, 2.24) is 4.90 Å².